The Bertz CT molecular complexity index is 2010. The van der Waals surface area contributed by atoms with Crippen LogP contribution in [-0.4, -0.2) is 72.1 Å². The summed E-state index contributed by atoms with van der Waals surface area (Å²) in [6.07, 6.45) is 6.26. The average Bonchev–Trinajstić information content (AvgIpc) is 3.52. The number of phenols is 1. The summed E-state index contributed by atoms with van der Waals surface area (Å²) in [4.78, 5) is 31.8. The third-order valence-electron chi connectivity index (χ3n) is 11.9. The Morgan fingerprint density at radius 1 is 0.833 bits per heavy atom. The van der Waals surface area contributed by atoms with E-state index >= 15 is 4.39 Å². The molecule has 0 spiro atoms. The van der Waals surface area contributed by atoms with Crippen LogP contribution in [0.15, 0.2) is 97.2 Å². The number of amides is 2. The number of benzene rings is 4. The smallest absolute Gasteiger partial charge is 0.258 e. The van der Waals surface area contributed by atoms with E-state index in [1.807, 2.05) is 18.2 Å². The molecule has 0 aromatic heterocycles. The van der Waals surface area contributed by atoms with E-state index in [0.717, 1.165) is 76.3 Å². The van der Waals surface area contributed by atoms with Crippen molar-refractivity contribution in [2.24, 2.45) is 0 Å². The van der Waals surface area contributed by atoms with Crippen molar-refractivity contribution in [2.75, 3.05) is 44.2 Å². The highest BCUT2D eigenvalue weighted by Crippen LogP contribution is 2.47. The Kier molecular flexibility index (Phi) is 10.4. The molecule has 0 radical (unpaired) electrons. The monoisotopic (exact) mass is 728 g/mol. The van der Waals surface area contributed by atoms with Crippen molar-refractivity contribution in [1.82, 2.24) is 15.1 Å². The van der Waals surface area contributed by atoms with Crippen LogP contribution >= 0.6 is 0 Å². The lowest BCUT2D eigenvalue weighted by atomic mass is 9.69. The van der Waals surface area contributed by atoms with Crippen molar-refractivity contribution in [3.8, 4) is 11.5 Å². The lowest BCUT2D eigenvalue weighted by molar-refractivity contribution is -0.126. The van der Waals surface area contributed by atoms with Gasteiger partial charge in [0, 0.05) is 50.0 Å². The van der Waals surface area contributed by atoms with E-state index in [-0.39, 0.29) is 23.9 Å². The molecule has 4 aliphatic rings. The Morgan fingerprint density at radius 2 is 1.63 bits per heavy atom. The number of piperidine rings is 1. The fourth-order valence-corrected chi connectivity index (χ4v) is 8.99. The summed E-state index contributed by atoms with van der Waals surface area (Å²) in [6.45, 7) is 9.15. The fraction of sp³-hybridized carbons (Fsp3) is 0.378. The zero-order chi connectivity index (χ0) is 37.2. The number of anilines is 1. The molecule has 3 aliphatic heterocycles. The third kappa shape index (κ3) is 7.47. The van der Waals surface area contributed by atoms with Gasteiger partial charge in [-0.25, -0.2) is 4.39 Å². The predicted molar refractivity (Wildman–Crippen MR) is 208 cm³/mol. The summed E-state index contributed by atoms with van der Waals surface area (Å²) in [5.41, 5.74) is 7.35. The van der Waals surface area contributed by atoms with Gasteiger partial charge >= 0.3 is 0 Å². The molecular weight excluding hydrogens is 680 g/mol. The second-order valence-electron chi connectivity index (χ2n) is 15.3. The molecule has 9 heteroatoms. The van der Waals surface area contributed by atoms with E-state index in [9.17, 15) is 14.7 Å². The molecule has 2 saturated heterocycles. The number of phenolic OH excluding ortho intramolecular Hbond substituents is 1. The van der Waals surface area contributed by atoms with Crippen LogP contribution in [-0.2, 0) is 17.8 Å². The van der Waals surface area contributed by atoms with Gasteiger partial charge in [-0.1, -0.05) is 55.1 Å². The van der Waals surface area contributed by atoms with E-state index in [0.29, 0.717) is 42.4 Å². The maximum atomic E-state index is 15.3. The molecule has 0 bridgehead atoms. The van der Waals surface area contributed by atoms with Crippen LogP contribution in [0.1, 0.15) is 88.5 Å². The molecule has 1 aliphatic carbocycles. The molecule has 4 aromatic carbocycles. The molecule has 280 valence electrons. The van der Waals surface area contributed by atoms with Gasteiger partial charge in [0.25, 0.3) is 5.91 Å². The minimum Gasteiger partial charge on any atom is -0.508 e. The number of unbranched alkanes of at least 4 members (excludes halogenated alkanes) is 2. The topological polar surface area (TPSA) is 85.4 Å². The number of ether oxygens (including phenoxy) is 1. The van der Waals surface area contributed by atoms with Crippen molar-refractivity contribution in [3.05, 3.63) is 136 Å². The van der Waals surface area contributed by atoms with Crippen LogP contribution in [0.5, 0.6) is 11.5 Å². The van der Waals surface area contributed by atoms with Crippen molar-refractivity contribution in [3.63, 3.8) is 0 Å². The average molecular weight is 729 g/mol. The first-order valence-corrected chi connectivity index (χ1v) is 19.5. The van der Waals surface area contributed by atoms with Gasteiger partial charge < -0.3 is 25.0 Å². The summed E-state index contributed by atoms with van der Waals surface area (Å²) in [7, 11) is 0. The van der Waals surface area contributed by atoms with Gasteiger partial charge in [0.15, 0.2) is 0 Å². The van der Waals surface area contributed by atoms with Crippen molar-refractivity contribution in [2.45, 2.75) is 69.4 Å². The summed E-state index contributed by atoms with van der Waals surface area (Å²) in [5, 5.41) is 12.9. The van der Waals surface area contributed by atoms with E-state index in [1.165, 1.54) is 33.2 Å². The van der Waals surface area contributed by atoms with Crippen LogP contribution in [0, 0.1) is 5.82 Å². The van der Waals surface area contributed by atoms with Gasteiger partial charge in [-0.05, 0) is 122 Å². The molecule has 8 nitrogen and oxygen atoms in total. The van der Waals surface area contributed by atoms with E-state index in [2.05, 4.69) is 82.4 Å². The molecular formula is C45H49FN4O4. The van der Waals surface area contributed by atoms with Crippen molar-refractivity contribution < 1.29 is 23.8 Å². The SMILES string of the molecule is C=C1CCC(N2Cc3cc(N4CCN(CCCCCOc5ccc([C@@H]6c7ccc(O)cc7CC[C@@H]6c6ccccc6)cc5)CC4)cc(F)c3C2=O)C(=O)N1. The van der Waals surface area contributed by atoms with E-state index in [1.54, 1.807) is 0 Å². The minimum absolute atomic E-state index is 0.0979. The Morgan fingerprint density at radius 3 is 2.41 bits per heavy atom. The number of nitrogens with zero attached hydrogens (tertiary/aromatic N) is 3. The highest BCUT2D eigenvalue weighted by molar-refractivity contribution is 6.02. The number of aryl methyl sites for hydroxylation is 1. The van der Waals surface area contributed by atoms with Gasteiger partial charge in [-0.2, -0.15) is 0 Å². The van der Waals surface area contributed by atoms with Gasteiger partial charge in [0.1, 0.15) is 23.4 Å². The number of halogens is 1. The highest BCUT2D eigenvalue weighted by atomic mass is 19.1. The first-order chi connectivity index (χ1) is 26.3. The number of hydrogen-bond acceptors (Lipinski definition) is 6. The van der Waals surface area contributed by atoms with Crippen LogP contribution in [0.3, 0.4) is 0 Å². The summed E-state index contributed by atoms with van der Waals surface area (Å²) < 4.78 is 21.5. The number of aromatic hydroxyl groups is 1. The molecule has 0 saturated carbocycles. The molecule has 2 amide bonds. The standard InChI is InChI=1S/C45H49FN4O4/c1-30-10-19-41(44(52)47-30)50-29-34-26-35(28-40(46)43(34)45(50)53)49-23-21-48(22-24-49)20-6-3-7-25-54-37-15-11-32(12-16-37)42-38(31-8-4-2-5-9-31)17-13-33-27-36(51)14-18-39(33)42/h2,4-5,8-9,11-12,14-16,18,26-28,38,41-42,51H,1,3,6-7,10,13,17,19-25,29H2,(H,47,52)/t38-,41?,42+/m1/s1. The number of rotatable bonds is 11. The molecule has 3 heterocycles. The van der Waals surface area contributed by atoms with Gasteiger partial charge in [-0.3, -0.25) is 14.5 Å². The second kappa shape index (κ2) is 15.7. The van der Waals surface area contributed by atoms with E-state index in [4.69, 9.17) is 4.74 Å². The summed E-state index contributed by atoms with van der Waals surface area (Å²) in [5.74, 6) is 0.649. The van der Waals surface area contributed by atoms with Crippen molar-refractivity contribution >= 4 is 17.5 Å². The van der Waals surface area contributed by atoms with Crippen molar-refractivity contribution in [1.29, 1.82) is 0 Å². The summed E-state index contributed by atoms with van der Waals surface area (Å²) in [6, 6.07) is 28.0. The molecule has 54 heavy (non-hydrogen) atoms. The lowest BCUT2D eigenvalue weighted by Crippen LogP contribution is -2.49. The molecule has 4 aromatic rings. The third-order valence-corrected chi connectivity index (χ3v) is 11.9. The predicted octanol–water partition coefficient (Wildman–Crippen LogP) is 7.51. The molecule has 1 unspecified atom stereocenters. The van der Waals surface area contributed by atoms with Gasteiger partial charge in [0.2, 0.25) is 5.91 Å². The van der Waals surface area contributed by atoms with Crippen LogP contribution in [0.2, 0.25) is 0 Å². The fourth-order valence-electron chi connectivity index (χ4n) is 8.99. The highest BCUT2D eigenvalue weighted by Gasteiger charge is 2.40. The van der Waals surface area contributed by atoms with Crippen LogP contribution in [0.4, 0.5) is 10.1 Å². The molecule has 2 fully saturated rings. The molecule has 3 atom stereocenters. The lowest BCUT2D eigenvalue weighted by Gasteiger charge is -2.36. The Hall–Kier alpha value is -5.15. The maximum absolute atomic E-state index is 15.3. The zero-order valence-electron chi connectivity index (χ0n) is 30.8. The Labute approximate surface area is 317 Å². The number of carbonyl (C=O) groups is 2. The first kappa shape index (κ1) is 35.9. The molecule has 8 rings (SSSR count). The number of fused-ring (bicyclic) bond motifs is 2. The number of carbonyl (C=O) groups excluding carboxylic acids is 2. The normalized spacial score (nSPS) is 21.5. The summed E-state index contributed by atoms with van der Waals surface area (Å²) >= 11 is 0. The Balaban J connectivity index is 0.783. The first-order valence-electron chi connectivity index (χ1n) is 19.5. The quantitative estimate of drug-likeness (QED) is 0.156. The zero-order valence-corrected chi connectivity index (χ0v) is 30.8. The van der Waals surface area contributed by atoms with Gasteiger partial charge in [-0.15, -0.1) is 0 Å². The molecule has 2 N–H and O–H groups in total. The number of allylic oxidation sites excluding steroid dienone is 1. The number of hydrogen-bond donors (Lipinski definition) is 2. The van der Waals surface area contributed by atoms with Gasteiger partial charge in [0.05, 0.1) is 12.2 Å². The van der Waals surface area contributed by atoms with Crippen LogP contribution < -0.4 is 15.0 Å². The van der Waals surface area contributed by atoms with Crippen LogP contribution in [0.25, 0.3) is 0 Å². The number of nitrogens with one attached hydrogen (secondary N) is 1. The number of piperazine rings is 1. The minimum atomic E-state index is -0.600. The van der Waals surface area contributed by atoms with E-state index < -0.39 is 17.8 Å². The second-order valence-corrected chi connectivity index (χ2v) is 15.3. The largest absolute Gasteiger partial charge is 0.508 e. The maximum Gasteiger partial charge on any atom is 0.258 e.